The Kier molecular flexibility index (Phi) is 11.7. The highest BCUT2D eigenvalue weighted by atomic mass is 79.9. The molecule has 258 valence electrons. The average molecular weight is 719 g/mol. The van der Waals surface area contributed by atoms with E-state index < -0.39 is 71.2 Å². The van der Waals surface area contributed by atoms with Crippen LogP contribution in [0.3, 0.4) is 0 Å². The van der Waals surface area contributed by atoms with Gasteiger partial charge in [0.15, 0.2) is 0 Å². The number of hydrogen-bond acceptors (Lipinski definition) is 7. The van der Waals surface area contributed by atoms with Crippen LogP contribution in [0.15, 0.2) is 41.4 Å². The van der Waals surface area contributed by atoms with E-state index in [0.29, 0.717) is 6.54 Å². The number of nitrogens with zero attached hydrogens (tertiary/aromatic N) is 1. The Bertz CT molecular complexity index is 1400. The average Bonchev–Trinajstić information content (AvgIpc) is 3.27. The number of benzene rings is 1. The second-order valence-corrected chi connectivity index (χ2v) is 15.8. The van der Waals surface area contributed by atoms with Gasteiger partial charge in [0.05, 0.1) is 6.54 Å². The van der Waals surface area contributed by atoms with Crippen LogP contribution in [0.1, 0.15) is 67.4 Å². The number of ketones is 1. The van der Waals surface area contributed by atoms with Gasteiger partial charge in [-0.1, -0.05) is 68.8 Å². The van der Waals surface area contributed by atoms with Crippen LogP contribution < -0.4 is 21.3 Å². The molecule has 0 aromatic heterocycles. The lowest BCUT2D eigenvalue weighted by Gasteiger charge is -2.38. The number of carbonyl (C=O) groups excluding carboxylic acids is 6. The van der Waals surface area contributed by atoms with E-state index in [9.17, 15) is 28.8 Å². The van der Waals surface area contributed by atoms with Crippen molar-refractivity contribution in [2.75, 3.05) is 13.1 Å². The van der Waals surface area contributed by atoms with Crippen LogP contribution in [0.5, 0.6) is 0 Å². The van der Waals surface area contributed by atoms with Gasteiger partial charge in [-0.15, -0.1) is 6.58 Å². The van der Waals surface area contributed by atoms with E-state index in [-0.39, 0.29) is 30.2 Å². The molecule has 1 saturated carbocycles. The number of carbonyl (C=O) groups is 6. The number of amides is 5. The van der Waals surface area contributed by atoms with Crippen molar-refractivity contribution in [3.63, 3.8) is 0 Å². The van der Waals surface area contributed by atoms with E-state index >= 15 is 0 Å². The molecule has 1 unspecified atom stereocenters. The molecule has 3 rings (SSSR count). The molecule has 1 aromatic rings. The van der Waals surface area contributed by atoms with Gasteiger partial charge in [0.1, 0.15) is 23.7 Å². The smallest absolute Gasteiger partial charge is 0.408 e. The summed E-state index contributed by atoms with van der Waals surface area (Å²) in [7, 11) is 0. The molecule has 47 heavy (non-hydrogen) atoms. The molecule has 1 aromatic carbocycles. The van der Waals surface area contributed by atoms with Crippen LogP contribution in [-0.4, -0.2) is 77.2 Å². The topological polar surface area (TPSA) is 163 Å². The highest BCUT2D eigenvalue weighted by Gasteiger charge is 2.70. The number of piperidine rings is 1. The molecule has 5 atom stereocenters. The van der Waals surface area contributed by atoms with Gasteiger partial charge in [-0.2, -0.15) is 0 Å². The first kappa shape index (κ1) is 37.7. The minimum absolute atomic E-state index is 0.0390. The van der Waals surface area contributed by atoms with Gasteiger partial charge in [0, 0.05) is 17.6 Å². The number of Topliss-reactive ketones (excluding diaryl/α,β-unsaturated/α-hetero) is 1. The Morgan fingerprint density at radius 3 is 2.19 bits per heavy atom. The molecule has 5 amide bonds. The first-order valence-electron chi connectivity index (χ1n) is 15.7. The van der Waals surface area contributed by atoms with E-state index in [0.717, 1.165) is 10.0 Å². The van der Waals surface area contributed by atoms with Gasteiger partial charge >= 0.3 is 6.09 Å². The van der Waals surface area contributed by atoms with Gasteiger partial charge in [0.25, 0.3) is 5.91 Å². The summed E-state index contributed by atoms with van der Waals surface area (Å²) in [5.74, 6) is -3.64. The Hall–Kier alpha value is -3.74. The van der Waals surface area contributed by atoms with E-state index in [1.54, 1.807) is 41.5 Å². The summed E-state index contributed by atoms with van der Waals surface area (Å²) in [6, 6.07) is 4.15. The van der Waals surface area contributed by atoms with Crippen LogP contribution in [-0.2, 0) is 35.3 Å². The van der Waals surface area contributed by atoms with Crippen molar-refractivity contribution in [3.8, 4) is 0 Å². The van der Waals surface area contributed by atoms with Crippen molar-refractivity contribution in [2.24, 2.45) is 22.7 Å². The minimum Gasteiger partial charge on any atom is -0.444 e. The van der Waals surface area contributed by atoms with Crippen molar-refractivity contribution in [3.05, 3.63) is 47.0 Å². The van der Waals surface area contributed by atoms with Crippen molar-refractivity contribution in [1.82, 2.24) is 26.2 Å². The third-order valence-electron chi connectivity index (χ3n) is 8.61. The third-order valence-corrected chi connectivity index (χ3v) is 9.13. The Morgan fingerprint density at radius 2 is 1.64 bits per heavy atom. The Balaban J connectivity index is 1.69. The SMILES string of the molecule is C=CCC(NC(=O)[C@@H]1[C@H]2[C@H](CN1C(=O)[C@@H](NC(=O)OC(C)(C)C)C(C)(C)C)C2(C)C)C(=O)C(=O)NCC(=O)NCc1ccc(Br)cc1. The minimum atomic E-state index is -1.26. The fourth-order valence-corrected chi connectivity index (χ4v) is 6.24. The summed E-state index contributed by atoms with van der Waals surface area (Å²) >= 11 is 3.35. The lowest BCUT2D eigenvalue weighted by atomic mass is 9.85. The Labute approximate surface area is 285 Å². The fourth-order valence-electron chi connectivity index (χ4n) is 5.98. The second kappa shape index (κ2) is 14.6. The van der Waals surface area contributed by atoms with Crippen LogP contribution >= 0.6 is 15.9 Å². The molecule has 0 spiro atoms. The van der Waals surface area contributed by atoms with Gasteiger partial charge < -0.3 is 30.9 Å². The zero-order chi connectivity index (χ0) is 35.5. The lowest BCUT2D eigenvalue weighted by Crippen LogP contribution is -2.60. The molecule has 1 aliphatic carbocycles. The van der Waals surface area contributed by atoms with E-state index in [1.165, 1.54) is 11.0 Å². The third kappa shape index (κ3) is 9.65. The predicted octanol–water partition coefficient (Wildman–Crippen LogP) is 3.23. The zero-order valence-corrected chi connectivity index (χ0v) is 30.1. The number of nitrogens with one attached hydrogen (secondary N) is 4. The highest BCUT2D eigenvalue weighted by molar-refractivity contribution is 9.10. The molecular weight excluding hydrogens is 670 g/mol. The van der Waals surface area contributed by atoms with Gasteiger partial charge in [-0.05, 0) is 67.6 Å². The van der Waals surface area contributed by atoms with Crippen molar-refractivity contribution in [1.29, 1.82) is 0 Å². The standard InChI is InChI=1S/C34H48BrN5O7/c1-10-11-22(26(42)29(44)37-17-23(41)36-16-19-12-14-20(35)15-13-19)38-28(43)25-24-21(34(24,8)9)18-40(25)30(45)27(32(2,3)4)39-31(46)47-33(5,6)7/h10,12-15,21-22,24-25,27H,1,11,16-18H2,2-9H3,(H,36,41)(H,37,44)(H,38,43)(H,39,46)/t21-,22?,24+,25-,27+/m0/s1. The predicted molar refractivity (Wildman–Crippen MR) is 180 cm³/mol. The summed E-state index contributed by atoms with van der Waals surface area (Å²) in [6.07, 6.45) is 0.612. The van der Waals surface area contributed by atoms with Gasteiger partial charge in [0.2, 0.25) is 23.5 Å². The number of rotatable bonds is 12. The summed E-state index contributed by atoms with van der Waals surface area (Å²) in [5, 5.41) is 10.4. The van der Waals surface area contributed by atoms with E-state index in [1.807, 2.05) is 38.1 Å². The van der Waals surface area contributed by atoms with Crippen LogP contribution in [0.4, 0.5) is 4.79 Å². The molecule has 1 saturated heterocycles. The maximum absolute atomic E-state index is 14.0. The van der Waals surface area contributed by atoms with Crippen LogP contribution in [0.2, 0.25) is 0 Å². The van der Waals surface area contributed by atoms with E-state index in [2.05, 4.69) is 43.8 Å². The lowest BCUT2D eigenvalue weighted by molar-refractivity contribution is -0.145. The summed E-state index contributed by atoms with van der Waals surface area (Å²) in [6.45, 7) is 18.4. The number of likely N-dealkylation sites (tertiary alicyclic amines) is 1. The molecule has 12 nitrogen and oxygen atoms in total. The van der Waals surface area contributed by atoms with Crippen molar-refractivity contribution < 1.29 is 33.5 Å². The maximum atomic E-state index is 14.0. The summed E-state index contributed by atoms with van der Waals surface area (Å²) < 4.78 is 6.30. The molecule has 13 heteroatoms. The second-order valence-electron chi connectivity index (χ2n) is 14.9. The normalized spacial score (nSPS) is 21.0. The summed E-state index contributed by atoms with van der Waals surface area (Å²) in [5.41, 5.74) is -0.873. The zero-order valence-electron chi connectivity index (χ0n) is 28.5. The van der Waals surface area contributed by atoms with Gasteiger partial charge in [-0.3, -0.25) is 24.0 Å². The van der Waals surface area contributed by atoms with Crippen molar-refractivity contribution in [2.45, 2.75) is 92.1 Å². The number of alkyl carbamates (subject to hydrolysis) is 1. The quantitative estimate of drug-likeness (QED) is 0.191. The number of ether oxygens (including phenoxy) is 1. The van der Waals surface area contributed by atoms with Crippen molar-refractivity contribution >= 4 is 51.4 Å². The van der Waals surface area contributed by atoms with Gasteiger partial charge in [-0.25, -0.2) is 4.79 Å². The molecule has 0 bridgehead atoms. The number of fused-ring (bicyclic) bond motifs is 1. The maximum Gasteiger partial charge on any atom is 0.408 e. The first-order chi connectivity index (χ1) is 21.7. The molecule has 2 aliphatic rings. The van der Waals surface area contributed by atoms with E-state index in [4.69, 9.17) is 4.74 Å². The molecule has 4 N–H and O–H groups in total. The number of hydrogen-bond donors (Lipinski definition) is 4. The molecule has 0 radical (unpaired) electrons. The molecule has 1 heterocycles. The Morgan fingerprint density at radius 1 is 1.02 bits per heavy atom. The molecule has 1 aliphatic heterocycles. The molecule has 2 fully saturated rings. The monoisotopic (exact) mass is 717 g/mol. The fraction of sp³-hybridized carbons (Fsp3) is 0.588. The van der Waals surface area contributed by atoms with Crippen LogP contribution in [0.25, 0.3) is 0 Å². The van der Waals surface area contributed by atoms with Crippen LogP contribution in [0, 0.1) is 22.7 Å². The number of halogens is 1. The largest absolute Gasteiger partial charge is 0.444 e. The first-order valence-corrected chi connectivity index (χ1v) is 16.5. The summed E-state index contributed by atoms with van der Waals surface area (Å²) in [4.78, 5) is 80.3. The molecular formula is C34H48BrN5O7. The highest BCUT2D eigenvalue weighted by Crippen LogP contribution is 2.65.